The van der Waals surface area contributed by atoms with Crippen LogP contribution in [0.3, 0.4) is 0 Å². The van der Waals surface area contributed by atoms with Crippen LogP contribution in [0.1, 0.15) is 94.7 Å². The highest BCUT2D eigenvalue weighted by molar-refractivity contribution is 5.74. The molecule has 1 aromatic carbocycles. The summed E-state index contributed by atoms with van der Waals surface area (Å²) in [6, 6.07) is 7.62. The SMILES string of the molecule is [2H]C([2H])([2H])n1c(C2CCN(C(=O)OC(C)(C)C)C(C)(C)C2)nc2c1C1(CCN(C(=O)OCC3CC3)CC1)Oc1ccccc1-2. The van der Waals surface area contributed by atoms with E-state index in [4.69, 9.17) is 23.3 Å². The molecule has 4 heterocycles. The Kier molecular flexibility index (Phi) is 5.91. The lowest BCUT2D eigenvalue weighted by Gasteiger charge is -2.45. The van der Waals surface area contributed by atoms with Crippen molar-refractivity contribution < 1.29 is 27.9 Å². The Morgan fingerprint density at radius 1 is 1.10 bits per heavy atom. The maximum atomic E-state index is 13.1. The first-order valence-electron chi connectivity index (χ1n) is 16.4. The number of likely N-dealkylation sites (tertiary alicyclic amines) is 2. The second-order valence-electron chi connectivity index (χ2n) is 13.7. The van der Waals surface area contributed by atoms with Crippen molar-refractivity contribution in [1.29, 1.82) is 0 Å². The molecule has 1 aliphatic carbocycles. The Morgan fingerprint density at radius 2 is 1.83 bits per heavy atom. The minimum Gasteiger partial charge on any atom is -0.480 e. The van der Waals surface area contributed by atoms with E-state index in [9.17, 15) is 9.59 Å². The number of ether oxygens (including phenoxy) is 3. The molecule has 3 fully saturated rings. The van der Waals surface area contributed by atoms with Gasteiger partial charge in [-0.1, -0.05) is 12.1 Å². The summed E-state index contributed by atoms with van der Waals surface area (Å²) in [6.07, 6.45) is 3.40. The van der Waals surface area contributed by atoms with E-state index < -0.39 is 23.7 Å². The molecule has 1 atom stereocenters. The van der Waals surface area contributed by atoms with Crippen molar-refractivity contribution in [3.63, 3.8) is 0 Å². The van der Waals surface area contributed by atoms with Gasteiger partial charge in [0.2, 0.25) is 0 Å². The van der Waals surface area contributed by atoms with Gasteiger partial charge in [-0.2, -0.15) is 0 Å². The van der Waals surface area contributed by atoms with Crippen LogP contribution in [0.25, 0.3) is 11.3 Å². The molecule has 6 rings (SSSR count). The topological polar surface area (TPSA) is 86.1 Å². The zero-order chi connectivity index (χ0) is 31.7. The van der Waals surface area contributed by atoms with Crippen LogP contribution in [0.15, 0.2) is 24.3 Å². The van der Waals surface area contributed by atoms with Crippen molar-refractivity contribution in [3.05, 3.63) is 35.8 Å². The Bertz CT molecular complexity index is 1430. The number of hydrogen-bond acceptors (Lipinski definition) is 6. The van der Waals surface area contributed by atoms with Gasteiger partial charge in [0.15, 0.2) is 5.60 Å². The van der Waals surface area contributed by atoms with Gasteiger partial charge in [0, 0.05) is 60.6 Å². The smallest absolute Gasteiger partial charge is 0.410 e. The van der Waals surface area contributed by atoms with Crippen LogP contribution < -0.4 is 4.74 Å². The number of nitrogens with zero attached hydrogens (tertiary/aromatic N) is 4. The van der Waals surface area contributed by atoms with Gasteiger partial charge >= 0.3 is 12.2 Å². The minimum atomic E-state index is -2.52. The first kappa shape index (κ1) is 24.4. The highest BCUT2D eigenvalue weighted by Gasteiger charge is 2.49. The van der Waals surface area contributed by atoms with Crippen LogP contribution in [-0.2, 0) is 22.1 Å². The van der Waals surface area contributed by atoms with E-state index in [1.807, 2.05) is 58.9 Å². The Balaban J connectivity index is 1.35. The second-order valence-corrected chi connectivity index (χ2v) is 13.7. The summed E-state index contributed by atoms with van der Waals surface area (Å²) in [6.45, 7) is 8.63. The normalized spacial score (nSPS) is 24.3. The summed E-state index contributed by atoms with van der Waals surface area (Å²) in [5, 5.41) is 0. The molecule has 9 heteroatoms. The molecule has 2 amide bonds. The minimum absolute atomic E-state index is 0.212. The summed E-state index contributed by atoms with van der Waals surface area (Å²) in [7, 11) is 0. The van der Waals surface area contributed by atoms with Crippen LogP contribution in [0, 0.1) is 5.92 Å². The highest BCUT2D eigenvalue weighted by Crippen LogP contribution is 2.51. The third-order valence-electron chi connectivity index (χ3n) is 8.91. The molecule has 0 radical (unpaired) electrons. The van der Waals surface area contributed by atoms with Gasteiger partial charge in [-0.25, -0.2) is 14.6 Å². The Hall–Kier alpha value is -3.23. The zero-order valence-corrected chi connectivity index (χ0v) is 24.9. The lowest BCUT2D eigenvalue weighted by Crippen LogP contribution is -2.54. The lowest BCUT2D eigenvalue weighted by molar-refractivity contribution is -0.0119. The van der Waals surface area contributed by atoms with Crippen molar-refractivity contribution in [2.24, 2.45) is 12.9 Å². The van der Waals surface area contributed by atoms with Crippen LogP contribution in [0.2, 0.25) is 0 Å². The standard InChI is InChI=1S/C32H44N4O5/c1-30(2,3)41-29(38)36-16-13-22(19-31(36,4)5)27-33-25-23-9-7-8-10-24(23)40-32(26(25)34(27)6)14-17-35(18-15-32)28(37)39-20-21-11-12-21/h7-10,21-22H,11-20H2,1-6H3/i6D3. The number of carbonyl (C=O) groups is 2. The number of amides is 2. The van der Waals surface area contributed by atoms with Gasteiger partial charge in [-0.3, -0.25) is 0 Å². The third kappa shape index (κ3) is 5.28. The van der Waals surface area contributed by atoms with E-state index in [1.54, 1.807) is 9.80 Å². The second kappa shape index (κ2) is 9.95. The predicted octanol–water partition coefficient (Wildman–Crippen LogP) is 6.21. The molecule has 2 saturated heterocycles. The summed E-state index contributed by atoms with van der Waals surface area (Å²) >= 11 is 0. The molecule has 41 heavy (non-hydrogen) atoms. The van der Waals surface area contributed by atoms with E-state index in [1.165, 1.54) is 4.57 Å². The number of benzene rings is 1. The number of fused-ring (bicyclic) bond motifs is 4. The number of imidazole rings is 1. The molecule has 9 nitrogen and oxygen atoms in total. The maximum absolute atomic E-state index is 13.1. The van der Waals surface area contributed by atoms with E-state index in [-0.39, 0.29) is 18.1 Å². The average Bonchev–Trinajstić information content (AvgIpc) is 3.66. The van der Waals surface area contributed by atoms with Gasteiger partial charge in [-0.15, -0.1) is 0 Å². The van der Waals surface area contributed by atoms with Crippen LogP contribution in [0.4, 0.5) is 9.59 Å². The molecule has 2 aromatic rings. The third-order valence-corrected chi connectivity index (χ3v) is 8.91. The first-order chi connectivity index (χ1) is 20.6. The Labute approximate surface area is 247 Å². The number of carbonyl (C=O) groups excluding carboxylic acids is 2. The number of hydrogen-bond donors (Lipinski definition) is 0. The molecule has 1 aromatic heterocycles. The van der Waals surface area contributed by atoms with Gasteiger partial charge in [0.05, 0.1) is 18.0 Å². The number of para-hydroxylation sites is 1. The summed E-state index contributed by atoms with van der Waals surface area (Å²) in [5.41, 5.74) is -0.251. The van der Waals surface area contributed by atoms with Crippen LogP contribution in [-0.4, -0.2) is 68.9 Å². The van der Waals surface area contributed by atoms with Crippen LogP contribution in [0.5, 0.6) is 5.75 Å². The molecular weight excluding hydrogens is 520 g/mol. The summed E-state index contributed by atoms with van der Waals surface area (Å²) in [4.78, 5) is 34.5. The van der Waals surface area contributed by atoms with Crippen molar-refractivity contribution in [1.82, 2.24) is 19.4 Å². The van der Waals surface area contributed by atoms with Gasteiger partial charge < -0.3 is 28.6 Å². The fourth-order valence-corrected chi connectivity index (χ4v) is 6.56. The molecule has 222 valence electrons. The maximum Gasteiger partial charge on any atom is 0.410 e. The van der Waals surface area contributed by atoms with Crippen molar-refractivity contribution >= 4 is 12.2 Å². The largest absolute Gasteiger partial charge is 0.480 e. The number of piperidine rings is 2. The fourth-order valence-electron chi connectivity index (χ4n) is 6.56. The molecule has 0 bridgehead atoms. The first-order valence-corrected chi connectivity index (χ1v) is 14.9. The number of aromatic nitrogens is 2. The monoisotopic (exact) mass is 567 g/mol. The fraction of sp³-hybridized carbons (Fsp3) is 0.656. The highest BCUT2D eigenvalue weighted by atomic mass is 16.6. The van der Waals surface area contributed by atoms with Crippen molar-refractivity contribution in [2.45, 2.75) is 95.8 Å². The van der Waals surface area contributed by atoms with E-state index >= 15 is 0 Å². The summed E-state index contributed by atoms with van der Waals surface area (Å²) < 4.78 is 45.6. The molecule has 4 aliphatic rings. The van der Waals surface area contributed by atoms with Crippen molar-refractivity contribution in [3.8, 4) is 17.0 Å². The predicted molar refractivity (Wildman–Crippen MR) is 155 cm³/mol. The van der Waals surface area contributed by atoms with E-state index in [0.717, 1.165) is 18.4 Å². The van der Waals surface area contributed by atoms with Gasteiger partial charge in [-0.05, 0) is 78.4 Å². The number of rotatable bonds is 3. The molecule has 3 aliphatic heterocycles. The van der Waals surface area contributed by atoms with Crippen molar-refractivity contribution in [2.75, 3.05) is 26.2 Å². The summed E-state index contributed by atoms with van der Waals surface area (Å²) in [5.74, 6) is 1.41. The van der Waals surface area contributed by atoms with Gasteiger partial charge in [0.1, 0.15) is 17.2 Å². The van der Waals surface area contributed by atoms with Crippen LogP contribution >= 0.6 is 0 Å². The lowest BCUT2D eigenvalue weighted by atomic mass is 9.82. The molecule has 0 N–H and O–H groups in total. The van der Waals surface area contributed by atoms with Gasteiger partial charge in [0.25, 0.3) is 0 Å². The van der Waals surface area contributed by atoms with E-state index in [2.05, 4.69) is 0 Å². The zero-order valence-electron chi connectivity index (χ0n) is 27.9. The quantitative estimate of drug-likeness (QED) is 0.438. The molecule has 1 spiro atoms. The van der Waals surface area contributed by atoms with E-state index in [0.29, 0.717) is 80.8 Å². The molecule has 1 unspecified atom stereocenters. The molecular formula is C32H44N4O5. The average molecular weight is 568 g/mol. The Morgan fingerprint density at radius 3 is 2.49 bits per heavy atom. The molecule has 1 saturated carbocycles.